The van der Waals surface area contributed by atoms with Crippen LogP contribution in [0.25, 0.3) is 16.4 Å². The van der Waals surface area contributed by atoms with Gasteiger partial charge in [-0.3, -0.25) is 4.40 Å². The molecule has 0 aromatic carbocycles. The molecule has 2 N–H and O–H groups in total. The van der Waals surface area contributed by atoms with Crippen molar-refractivity contribution in [2.24, 2.45) is 5.73 Å². The Labute approximate surface area is 103 Å². The first kappa shape index (κ1) is 10.6. The van der Waals surface area contributed by atoms with Gasteiger partial charge in [-0.2, -0.15) is 0 Å². The Morgan fingerprint density at radius 2 is 2.41 bits per heavy atom. The molecule has 0 aliphatic rings. The van der Waals surface area contributed by atoms with Crippen LogP contribution in [0.15, 0.2) is 28.2 Å². The van der Waals surface area contributed by atoms with Crippen molar-refractivity contribution in [3.05, 3.63) is 35.2 Å². The first-order valence-corrected chi connectivity index (χ1v) is 6.38. The van der Waals surface area contributed by atoms with Crippen LogP contribution in [0.4, 0.5) is 0 Å². The van der Waals surface area contributed by atoms with E-state index in [1.807, 2.05) is 12.1 Å². The zero-order valence-electron chi connectivity index (χ0n) is 9.51. The van der Waals surface area contributed by atoms with Gasteiger partial charge in [0.05, 0.1) is 12.0 Å². The molecule has 0 amide bonds. The van der Waals surface area contributed by atoms with Gasteiger partial charge in [0.1, 0.15) is 5.69 Å². The SMILES string of the molecule is Cc1csc2nc(-c3ccco3)c(CCN)n12. The molecule has 5 heteroatoms. The highest BCUT2D eigenvalue weighted by Gasteiger charge is 2.17. The molecule has 0 radical (unpaired) electrons. The van der Waals surface area contributed by atoms with Gasteiger partial charge in [-0.25, -0.2) is 4.98 Å². The van der Waals surface area contributed by atoms with Crippen molar-refractivity contribution in [1.29, 1.82) is 0 Å². The lowest BCUT2D eigenvalue weighted by molar-refractivity contribution is 0.579. The third-order valence-electron chi connectivity index (χ3n) is 2.77. The number of aromatic nitrogens is 2. The maximum atomic E-state index is 5.68. The van der Waals surface area contributed by atoms with Crippen LogP contribution in [0, 0.1) is 6.92 Å². The highest BCUT2D eigenvalue weighted by atomic mass is 32.1. The van der Waals surface area contributed by atoms with Crippen molar-refractivity contribution in [2.75, 3.05) is 6.54 Å². The van der Waals surface area contributed by atoms with E-state index in [0.717, 1.165) is 28.5 Å². The molecule has 17 heavy (non-hydrogen) atoms. The lowest BCUT2D eigenvalue weighted by Gasteiger charge is -2.01. The zero-order chi connectivity index (χ0) is 11.8. The molecule has 3 heterocycles. The lowest BCUT2D eigenvalue weighted by atomic mass is 10.2. The van der Waals surface area contributed by atoms with Crippen LogP contribution in [0.3, 0.4) is 0 Å². The normalized spacial score (nSPS) is 11.4. The maximum absolute atomic E-state index is 5.68. The fourth-order valence-corrected chi connectivity index (χ4v) is 2.93. The summed E-state index contributed by atoms with van der Waals surface area (Å²) in [5, 5.41) is 2.11. The second kappa shape index (κ2) is 4.01. The quantitative estimate of drug-likeness (QED) is 0.773. The van der Waals surface area contributed by atoms with Gasteiger partial charge in [0, 0.05) is 17.5 Å². The standard InChI is InChI=1S/C12H13N3OS/c1-8-7-17-12-14-11(10-3-2-6-16-10)9(4-5-13)15(8)12/h2-3,6-7H,4-5,13H2,1H3. The molecule has 0 aliphatic heterocycles. The van der Waals surface area contributed by atoms with Crippen molar-refractivity contribution < 1.29 is 4.42 Å². The second-order valence-corrected chi connectivity index (χ2v) is 4.75. The van der Waals surface area contributed by atoms with Crippen molar-refractivity contribution in [2.45, 2.75) is 13.3 Å². The summed E-state index contributed by atoms with van der Waals surface area (Å²) in [7, 11) is 0. The third kappa shape index (κ3) is 1.59. The van der Waals surface area contributed by atoms with Gasteiger partial charge >= 0.3 is 0 Å². The van der Waals surface area contributed by atoms with Crippen LogP contribution in [0.2, 0.25) is 0 Å². The number of hydrogen-bond donors (Lipinski definition) is 1. The van der Waals surface area contributed by atoms with Gasteiger partial charge < -0.3 is 10.2 Å². The van der Waals surface area contributed by atoms with Crippen LogP contribution in [-0.2, 0) is 6.42 Å². The average Bonchev–Trinajstić information content (AvgIpc) is 2.98. The van der Waals surface area contributed by atoms with Crippen LogP contribution in [0.5, 0.6) is 0 Å². The van der Waals surface area contributed by atoms with Gasteiger partial charge in [0.2, 0.25) is 0 Å². The predicted octanol–water partition coefficient (Wildman–Crippen LogP) is 2.47. The largest absolute Gasteiger partial charge is 0.463 e. The summed E-state index contributed by atoms with van der Waals surface area (Å²) in [5.74, 6) is 0.809. The number of nitrogens with two attached hydrogens (primary N) is 1. The Hall–Kier alpha value is -1.59. The van der Waals surface area contributed by atoms with Crippen LogP contribution in [0.1, 0.15) is 11.4 Å². The number of hydrogen-bond acceptors (Lipinski definition) is 4. The molecular formula is C12H13N3OS. The topological polar surface area (TPSA) is 56.5 Å². The minimum atomic E-state index is 0.608. The predicted molar refractivity (Wildman–Crippen MR) is 68.3 cm³/mol. The number of rotatable bonds is 3. The molecule has 0 fully saturated rings. The van der Waals surface area contributed by atoms with Gasteiger partial charge in [0.15, 0.2) is 10.7 Å². The number of imidazole rings is 1. The molecule has 0 saturated heterocycles. The van der Waals surface area contributed by atoms with Gasteiger partial charge in [-0.05, 0) is 25.6 Å². The van der Waals surface area contributed by atoms with E-state index in [2.05, 4.69) is 21.7 Å². The zero-order valence-corrected chi connectivity index (χ0v) is 10.3. The minimum absolute atomic E-state index is 0.608. The Balaban J connectivity index is 2.27. The fourth-order valence-electron chi connectivity index (χ4n) is 2.04. The second-order valence-electron chi connectivity index (χ2n) is 3.92. The third-order valence-corrected chi connectivity index (χ3v) is 3.71. The van der Waals surface area contributed by atoms with Gasteiger partial charge in [-0.15, -0.1) is 11.3 Å². The molecule has 0 aliphatic carbocycles. The monoisotopic (exact) mass is 247 g/mol. The number of nitrogens with zero attached hydrogens (tertiary/aromatic N) is 2. The summed E-state index contributed by atoms with van der Waals surface area (Å²) in [6.45, 7) is 2.69. The van der Waals surface area contributed by atoms with E-state index in [9.17, 15) is 0 Å². The van der Waals surface area contributed by atoms with Crippen molar-refractivity contribution in [3.8, 4) is 11.5 Å². The fraction of sp³-hybridized carbons (Fsp3) is 0.250. The summed E-state index contributed by atoms with van der Waals surface area (Å²) in [5.41, 5.74) is 8.92. The van der Waals surface area contributed by atoms with Crippen LogP contribution < -0.4 is 5.73 Å². The Kier molecular flexibility index (Phi) is 2.49. The van der Waals surface area contributed by atoms with E-state index in [1.54, 1.807) is 17.6 Å². The average molecular weight is 247 g/mol. The number of furan rings is 1. The van der Waals surface area contributed by atoms with E-state index in [-0.39, 0.29) is 0 Å². The lowest BCUT2D eigenvalue weighted by Crippen LogP contribution is -2.06. The molecule has 0 atom stereocenters. The highest BCUT2D eigenvalue weighted by molar-refractivity contribution is 7.15. The Morgan fingerprint density at radius 3 is 3.12 bits per heavy atom. The molecule has 3 aromatic rings. The summed E-state index contributed by atoms with van der Waals surface area (Å²) < 4.78 is 7.60. The Bertz CT molecular complexity index is 636. The van der Waals surface area contributed by atoms with Crippen LogP contribution >= 0.6 is 11.3 Å². The molecule has 0 unspecified atom stereocenters. The molecule has 3 aromatic heterocycles. The number of thiazole rings is 1. The molecule has 88 valence electrons. The summed E-state index contributed by atoms with van der Waals surface area (Å²) in [6, 6.07) is 3.81. The van der Waals surface area contributed by atoms with E-state index in [0.29, 0.717) is 6.54 Å². The molecular weight excluding hydrogens is 234 g/mol. The van der Waals surface area contributed by atoms with Crippen molar-refractivity contribution >= 4 is 16.3 Å². The molecule has 0 spiro atoms. The molecule has 0 saturated carbocycles. The van der Waals surface area contributed by atoms with E-state index in [1.165, 1.54) is 5.69 Å². The van der Waals surface area contributed by atoms with E-state index < -0.39 is 0 Å². The van der Waals surface area contributed by atoms with Crippen LogP contribution in [-0.4, -0.2) is 15.9 Å². The van der Waals surface area contributed by atoms with E-state index in [4.69, 9.17) is 10.2 Å². The highest BCUT2D eigenvalue weighted by Crippen LogP contribution is 2.28. The summed E-state index contributed by atoms with van der Waals surface area (Å²) in [4.78, 5) is 5.62. The van der Waals surface area contributed by atoms with Gasteiger partial charge in [-0.1, -0.05) is 0 Å². The first-order chi connectivity index (χ1) is 8.31. The summed E-state index contributed by atoms with van der Waals surface area (Å²) in [6.07, 6.45) is 2.47. The first-order valence-electron chi connectivity index (χ1n) is 5.50. The summed E-state index contributed by atoms with van der Waals surface area (Å²) >= 11 is 1.64. The number of fused-ring (bicyclic) bond motifs is 1. The van der Waals surface area contributed by atoms with E-state index >= 15 is 0 Å². The minimum Gasteiger partial charge on any atom is -0.463 e. The smallest absolute Gasteiger partial charge is 0.194 e. The molecule has 4 nitrogen and oxygen atoms in total. The molecule has 0 bridgehead atoms. The number of aryl methyl sites for hydroxylation is 1. The van der Waals surface area contributed by atoms with Crippen molar-refractivity contribution in [1.82, 2.24) is 9.38 Å². The maximum Gasteiger partial charge on any atom is 0.194 e. The Morgan fingerprint density at radius 1 is 1.53 bits per heavy atom. The molecule has 3 rings (SSSR count). The van der Waals surface area contributed by atoms with Gasteiger partial charge in [0.25, 0.3) is 0 Å². The van der Waals surface area contributed by atoms with Crippen molar-refractivity contribution in [3.63, 3.8) is 0 Å².